The lowest BCUT2D eigenvalue weighted by molar-refractivity contribution is -0.127. The molecule has 0 saturated heterocycles. The first-order valence-corrected chi connectivity index (χ1v) is 8.77. The minimum atomic E-state index is -0.610. The Hall–Kier alpha value is -2.20. The molecule has 0 aliphatic carbocycles. The van der Waals surface area contributed by atoms with Gasteiger partial charge in [-0.3, -0.25) is 4.79 Å². The topological polar surface area (TPSA) is 47.6 Å². The van der Waals surface area contributed by atoms with Crippen LogP contribution in [0.4, 0.5) is 0 Å². The number of halogens is 1. The Morgan fingerprint density at radius 3 is 2.60 bits per heavy atom. The highest BCUT2D eigenvalue weighted by Crippen LogP contribution is 2.25. The summed E-state index contributed by atoms with van der Waals surface area (Å²) in [5.41, 5.74) is 1.16. The molecule has 5 heteroatoms. The van der Waals surface area contributed by atoms with E-state index in [0.717, 1.165) is 11.3 Å². The number of carbonyl (C=O) groups excluding carboxylic acids is 1. The van der Waals surface area contributed by atoms with Crippen LogP contribution in [0.5, 0.6) is 11.5 Å². The molecule has 134 valence electrons. The maximum atomic E-state index is 12.1. The molecule has 4 nitrogen and oxygen atoms in total. The van der Waals surface area contributed by atoms with Crippen LogP contribution in [-0.2, 0) is 4.79 Å². The van der Waals surface area contributed by atoms with Crippen LogP contribution in [0.3, 0.4) is 0 Å². The van der Waals surface area contributed by atoms with Crippen molar-refractivity contribution < 1.29 is 14.3 Å². The van der Waals surface area contributed by atoms with Gasteiger partial charge in [0.25, 0.3) is 5.91 Å². The molecule has 1 unspecified atom stereocenters. The first-order chi connectivity index (χ1) is 12.0. The Morgan fingerprint density at radius 1 is 1.12 bits per heavy atom. The van der Waals surface area contributed by atoms with Crippen LogP contribution in [0.1, 0.15) is 32.3 Å². The molecule has 0 fully saturated rings. The summed E-state index contributed by atoms with van der Waals surface area (Å²) in [6, 6.07) is 14.9. The summed E-state index contributed by atoms with van der Waals surface area (Å²) in [7, 11) is 0. The van der Waals surface area contributed by atoms with Crippen molar-refractivity contribution in [2.75, 3.05) is 13.2 Å². The van der Waals surface area contributed by atoms with Crippen molar-refractivity contribution in [3.8, 4) is 11.5 Å². The van der Waals surface area contributed by atoms with E-state index < -0.39 is 6.10 Å². The van der Waals surface area contributed by atoms with Crippen LogP contribution in [0.2, 0.25) is 5.02 Å². The maximum Gasteiger partial charge on any atom is 0.260 e. The Bertz CT molecular complexity index is 703. The normalized spacial score (nSPS) is 11.9. The zero-order valence-electron chi connectivity index (χ0n) is 14.8. The highest BCUT2D eigenvalue weighted by Gasteiger charge is 2.14. The number of nitrogens with one attached hydrogen (secondary N) is 1. The van der Waals surface area contributed by atoms with Crippen molar-refractivity contribution in [1.29, 1.82) is 0 Å². The quantitative estimate of drug-likeness (QED) is 0.708. The predicted molar refractivity (Wildman–Crippen MR) is 101 cm³/mol. The Morgan fingerprint density at radius 2 is 1.88 bits per heavy atom. The van der Waals surface area contributed by atoms with Gasteiger partial charge in [-0.05, 0) is 42.7 Å². The second-order valence-electron chi connectivity index (χ2n) is 6.05. The molecule has 25 heavy (non-hydrogen) atoms. The van der Waals surface area contributed by atoms with Crippen LogP contribution >= 0.6 is 11.6 Å². The van der Waals surface area contributed by atoms with Gasteiger partial charge in [-0.25, -0.2) is 0 Å². The SMILES string of the molecule is CC(Oc1cccc(Cl)c1)C(=O)NCCOc1ccccc1C(C)C. The molecule has 1 atom stereocenters. The van der Waals surface area contributed by atoms with Crippen molar-refractivity contribution >= 4 is 17.5 Å². The molecule has 0 radical (unpaired) electrons. The zero-order chi connectivity index (χ0) is 18.2. The summed E-state index contributed by atoms with van der Waals surface area (Å²) in [4.78, 5) is 12.1. The third-order valence-electron chi connectivity index (χ3n) is 3.68. The number of amides is 1. The minimum Gasteiger partial charge on any atom is -0.491 e. The predicted octanol–water partition coefficient (Wildman–Crippen LogP) is 4.43. The van der Waals surface area contributed by atoms with E-state index in [1.165, 1.54) is 0 Å². The summed E-state index contributed by atoms with van der Waals surface area (Å²) in [6.45, 7) is 6.76. The highest BCUT2D eigenvalue weighted by atomic mass is 35.5. The van der Waals surface area contributed by atoms with Crippen LogP contribution < -0.4 is 14.8 Å². The van der Waals surface area contributed by atoms with Gasteiger partial charge in [-0.2, -0.15) is 0 Å². The van der Waals surface area contributed by atoms with Crippen molar-refractivity contribution in [2.45, 2.75) is 32.8 Å². The van der Waals surface area contributed by atoms with Gasteiger partial charge in [0.1, 0.15) is 18.1 Å². The fraction of sp³-hybridized carbons (Fsp3) is 0.350. The monoisotopic (exact) mass is 361 g/mol. The van der Waals surface area contributed by atoms with Gasteiger partial charge in [0, 0.05) is 5.02 Å². The number of ether oxygens (including phenoxy) is 2. The lowest BCUT2D eigenvalue weighted by Gasteiger charge is -2.16. The van der Waals surface area contributed by atoms with Crippen molar-refractivity contribution in [2.24, 2.45) is 0 Å². The number of benzene rings is 2. The third kappa shape index (κ3) is 5.98. The molecule has 0 heterocycles. The molecule has 2 rings (SSSR count). The maximum absolute atomic E-state index is 12.1. The van der Waals surface area contributed by atoms with E-state index in [-0.39, 0.29) is 5.91 Å². The first-order valence-electron chi connectivity index (χ1n) is 8.39. The highest BCUT2D eigenvalue weighted by molar-refractivity contribution is 6.30. The fourth-order valence-electron chi connectivity index (χ4n) is 2.37. The second-order valence-corrected chi connectivity index (χ2v) is 6.49. The molecule has 0 aromatic heterocycles. The average Bonchev–Trinajstić information content (AvgIpc) is 2.58. The van der Waals surface area contributed by atoms with Gasteiger partial charge in [0.15, 0.2) is 6.10 Å². The molecule has 0 spiro atoms. The molecule has 2 aromatic carbocycles. The molecule has 1 amide bonds. The Labute approximate surface area is 154 Å². The molecule has 2 aromatic rings. The van der Waals surface area contributed by atoms with Crippen molar-refractivity contribution in [3.63, 3.8) is 0 Å². The van der Waals surface area contributed by atoms with Gasteiger partial charge in [-0.15, -0.1) is 0 Å². The van der Waals surface area contributed by atoms with Gasteiger partial charge < -0.3 is 14.8 Å². The molecular formula is C20H24ClNO3. The number of carbonyl (C=O) groups is 1. The van der Waals surface area contributed by atoms with Crippen molar-refractivity contribution in [3.05, 3.63) is 59.1 Å². The minimum absolute atomic E-state index is 0.194. The van der Waals surface area contributed by atoms with Crippen LogP contribution in [-0.4, -0.2) is 25.2 Å². The van der Waals surface area contributed by atoms with E-state index >= 15 is 0 Å². The average molecular weight is 362 g/mol. The Balaban J connectivity index is 1.77. The van der Waals surface area contributed by atoms with E-state index in [1.807, 2.05) is 18.2 Å². The number of rotatable bonds is 8. The largest absolute Gasteiger partial charge is 0.491 e. The smallest absolute Gasteiger partial charge is 0.260 e. The lowest BCUT2D eigenvalue weighted by atomic mass is 10.0. The van der Waals surface area contributed by atoms with Crippen LogP contribution in [0.15, 0.2) is 48.5 Å². The molecular weight excluding hydrogens is 338 g/mol. The van der Waals surface area contributed by atoms with Crippen LogP contribution in [0, 0.1) is 0 Å². The second kappa shape index (κ2) is 9.33. The molecule has 0 bridgehead atoms. The van der Waals surface area contributed by atoms with E-state index in [1.54, 1.807) is 31.2 Å². The molecule has 0 aliphatic rings. The van der Waals surface area contributed by atoms with Crippen LogP contribution in [0.25, 0.3) is 0 Å². The van der Waals surface area contributed by atoms with E-state index in [9.17, 15) is 4.79 Å². The summed E-state index contributed by atoms with van der Waals surface area (Å²) < 4.78 is 11.4. The number of hydrogen-bond acceptors (Lipinski definition) is 3. The molecule has 0 saturated carbocycles. The van der Waals surface area contributed by atoms with E-state index in [0.29, 0.717) is 29.8 Å². The van der Waals surface area contributed by atoms with Gasteiger partial charge in [0.2, 0.25) is 0 Å². The fourth-order valence-corrected chi connectivity index (χ4v) is 2.55. The summed E-state index contributed by atoms with van der Waals surface area (Å²) >= 11 is 5.91. The molecule has 1 N–H and O–H groups in total. The standard InChI is InChI=1S/C20H24ClNO3/c1-14(2)18-9-4-5-10-19(18)24-12-11-22-20(23)15(3)25-17-8-6-7-16(21)13-17/h4-10,13-15H,11-12H2,1-3H3,(H,22,23). The Kier molecular flexibility index (Phi) is 7.14. The van der Waals surface area contributed by atoms with Gasteiger partial charge in [0.05, 0.1) is 6.54 Å². The van der Waals surface area contributed by atoms with E-state index in [4.69, 9.17) is 21.1 Å². The zero-order valence-corrected chi connectivity index (χ0v) is 15.5. The van der Waals surface area contributed by atoms with Gasteiger partial charge >= 0.3 is 0 Å². The summed E-state index contributed by atoms with van der Waals surface area (Å²) in [5.74, 6) is 1.62. The first kappa shape index (κ1) is 19.1. The van der Waals surface area contributed by atoms with Gasteiger partial charge in [-0.1, -0.05) is 49.7 Å². The van der Waals surface area contributed by atoms with E-state index in [2.05, 4.69) is 25.2 Å². The lowest BCUT2D eigenvalue weighted by Crippen LogP contribution is -2.38. The van der Waals surface area contributed by atoms with Crippen molar-refractivity contribution in [1.82, 2.24) is 5.32 Å². The molecule has 0 aliphatic heterocycles. The number of hydrogen-bond donors (Lipinski definition) is 1. The summed E-state index contributed by atoms with van der Waals surface area (Å²) in [6.07, 6.45) is -0.610. The summed E-state index contributed by atoms with van der Waals surface area (Å²) in [5, 5.41) is 3.39. The third-order valence-corrected chi connectivity index (χ3v) is 3.91. The number of para-hydroxylation sites is 1.